The first kappa shape index (κ1) is 15.5. The summed E-state index contributed by atoms with van der Waals surface area (Å²) in [5.41, 5.74) is 0.767. The molecule has 1 aromatic carbocycles. The Hall–Kier alpha value is -0.860. The molecule has 1 aromatic rings. The van der Waals surface area contributed by atoms with E-state index in [1.165, 1.54) is 32.1 Å². The van der Waals surface area contributed by atoms with E-state index >= 15 is 0 Å². The lowest BCUT2D eigenvalue weighted by Gasteiger charge is -2.19. The van der Waals surface area contributed by atoms with E-state index in [2.05, 4.69) is 11.8 Å². The summed E-state index contributed by atoms with van der Waals surface area (Å²) in [6.07, 6.45) is 6.38. The normalized spacial score (nSPS) is 20.6. The van der Waals surface area contributed by atoms with Crippen LogP contribution in [-0.4, -0.2) is 30.3 Å². The third-order valence-corrected chi connectivity index (χ3v) is 4.42. The van der Waals surface area contributed by atoms with Gasteiger partial charge in [0.1, 0.15) is 0 Å². The zero-order valence-corrected chi connectivity index (χ0v) is 13.0. The first-order valence-corrected chi connectivity index (χ1v) is 8.08. The number of hydrogen-bond donors (Lipinski definition) is 0. The lowest BCUT2D eigenvalue weighted by molar-refractivity contribution is 0.0932. The fourth-order valence-corrected chi connectivity index (χ4v) is 3.14. The van der Waals surface area contributed by atoms with Crippen LogP contribution < -0.4 is 0 Å². The van der Waals surface area contributed by atoms with Crippen LogP contribution in [0.25, 0.3) is 0 Å². The van der Waals surface area contributed by atoms with E-state index in [-0.39, 0.29) is 5.78 Å². The SMILES string of the molecule is CCCC1CCCN(CC(=O)c2ccc(Cl)cc2)CC1. The van der Waals surface area contributed by atoms with Gasteiger partial charge in [-0.05, 0) is 62.5 Å². The average Bonchev–Trinajstić information content (AvgIpc) is 2.66. The third kappa shape index (κ3) is 4.60. The highest BCUT2D eigenvalue weighted by Crippen LogP contribution is 2.22. The lowest BCUT2D eigenvalue weighted by Crippen LogP contribution is -2.31. The average molecular weight is 294 g/mol. The van der Waals surface area contributed by atoms with Crippen LogP contribution in [0.4, 0.5) is 0 Å². The van der Waals surface area contributed by atoms with Crippen molar-refractivity contribution in [3.63, 3.8) is 0 Å². The molecule has 0 bridgehead atoms. The van der Waals surface area contributed by atoms with Crippen LogP contribution >= 0.6 is 11.6 Å². The maximum Gasteiger partial charge on any atom is 0.176 e. The number of nitrogens with zero attached hydrogens (tertiary/aromatic N) is 1. The van der Waals surface area contributed by atoms with Crippen LogP contribution in [0.15, 0.2) is 24.3 Å². The number of Topliss-reactive ketones (excluding diaryl/α,β-unsaturated/α-hetero) is 1. The molecule has 1 aliphatic heterocycles. The maximum atomic E-state index is 12.3. The fourth-order valence-electron chi connectivity index (χ4n) is 3.01. The van der Waals surface area contributed by atoms with E-state index in [0.29, 0.717) is 11.6 Å². The first-order chi connectivity index (χ1) is 9.69. The molecule has 20 heavy (non-hydrogen) atoms. The van der Waals surface area contributed by atoms with Gasteiger partial charge < -0.3 is 0 Å². The topological polar surface area (TPSA) is 20.3 Å². The van der Waals surface area contributed by atoms with Crippen LogP contribution in [0.1, 0.15) is 49.4 Å². The van der Waals surface area contributed by atoms with Crippen molar-refractivity contribution in [3.05, 3.63) is 34.9 Å². The lowest BCUT2D eigenvalue weighted by atomic mass is 9.96. The van der Waals surface area contributed by atoms with Gasteiger partial charge in [-0.15, -0.1) is 0 Å². The largest absolute Gasteiger partial charge is 0.296 e. The van der Waals surface area contributed by atoms with E-state index < -0.39 is 0 Å². The van der Waals surface area contributed by atoms with E-state index in [4.69, 9.17) is 11.6 Å². The Morgan fingerprint density at radius 1 is 1.25 bits per heavy atom. The van der Waals surface area contributed by atoms with Gasteiger partial charge in [-0.25, -0.2) is 0 Å². The number of halogens is 1. The van der Waals surface area contributed by atoms with Gasteiger partial charge in [-0.2, -0.15) is 0 Å². The number of rotatable bonds is 5. The molecule has 1 heterocycles. The highest BCUT2D eigenvalue weighted by atomic mass is 35.5. The predicted molar refractivity (Wildman–Crippen MR) is 84.5 cm³/mol. The predicted octanol–water partition coefficient (Wildman–Crippen LogP) is 4.42. The zero-order chi connectivity index (χ0) is 14.4. The summed E-state index contributed by atoms with van der Waals surface area (Å²) >= 11 is 5.85. The van der Waals surface area contributed by atoms with Gasteiger partial charge in [-0.3, -0.25) is 9.69 Å². The van der Waals surface area contributed by atoms with Crippen molar-refractivity contribution >= 4 is 17.4 Å². The van der Waals surface area contributed by atoms with Crippen LogP contribution in [0.2, 0.25) is 5.02 Å². The Morgan fingerprint density at radius 2 is 2.00 bits per heavy atom. The molecular weight excluding hydrogens is 270 g/mol. The molecule has 110 valence electrons. The number of hydrogen-bond acceptors (Lipinski definition) is 2. The number of benzene rings is 1. The molecule has 0 N–H and O–H groups in total. The highest BCUT2D eigenvalue weighted by molar-refractivity contribution is 6.30. The minimum Gasteiger partial charge on any atom is -0.296 e. The second-order valence-corrected chi connectivity index (χ2v) is 6.23. The molecule has 0 aliphatic carbocycles. The first-order valence-electron chi connectivity index (χ1n) is 7.70. The molecule has 2 nitrogen and oxygen atoms in total. The standard InChI is InChI=1S/C17H24ClNO/c1-2-4-14-5-3-11-19(12-10-14)13-17(20)15-6-8-16(18)9-7-15/h6-9,14H,2-5,10-13H2,1H3. The van der Waals surface area contributed by atoms with E-state index in [1.54, 1.807) is 12.1 Å². The number of likely N-dealkylation sites (tertiary alicyclic amines) is 1. The maximum absolute atomic E-state index is 12.3. The molecule has 0 spiro atoms. The second kappa shape index (κ2) is 7.80. The number of carbonyl (C=O) groups is 1. The van der Waals surface area contributed by atoms with Gasteiger partial charge in [0.25, 0.3) is 0 Å². The molecular formula is C17H24ClNO. The Kier molecular flexibility index (Phi) is 6.06. The van der Waals surface area contributed by atoms with Crippen molar-refractivity contribution in [2.75, 3.05) is 19.6 Å². The molecule has 3 heteroatoms. The molecule has 1 fully saturated rings. The van der Waals surface area contributed by atoms with Gasteiger partial charge in [-0.1, -0.05) is 31.4 Å². The quantitative estimate of drug-likeness (QED) is 0.749. The van der Waals surface area contributed by atoms with Gasteiger partial charge >= 0.3 is 0 Å². The molecule has 0 saturated carbocycles. The van der Waals surface area contributed by atoms with Gasteiger partial charge in [0.05, 0.1) is 6.54 Å². The molecule has 0 aromatic heterocycles. The van der Waals surface area contributed by atoms with Crippen molar-refractivity contribution in [3.8, 4) is 0 Å². The summed E-state index contributed by atoms with van der Waals surface area (Å²) in [6.45, 7) is 4.91. The van der Waals surface area contributed by atoms with Crippen molar-refractivity contribution in [2.24, 2.45) is 5.92 Å². The molecule has 2 rings (SSSR count). The summed E-state index contributed by atoms with van der Waals surface area (Å²) in [4.78, 5) is 14.6. The molecule has 1 aliphatic rings. The molecule has 0 amide bonds. The zero-order valence-electron chi connectivity index (χ0n) is 12.3. The minimum absolute atomic E-state index is 0.204. The van der Waals surface area contributed by atoms with E-state index in [9.17, 15) is 4.79 Å². The van der Waals surface area contributed by atoms with Crippen molar-refractivity contribution in [1.82, 2.24) is 4.90 Å². The van der Waals surface area contributed by atoms with Crippen molar-refractivity contribution in [2.45, 2.75) is 39.0 Å². The van der Waals surface area contributed by atoms with Crippen molar-refractivity contribution < 1.29 is 4.79 Å². The smallest absolute Gasteiger partial charge is 0.176 e. The van der Waals surface area contributed by atoms with Crippen LogP contribution in [0.5, 0.6) is 0 Å². The van der Waals surface area contributed by atoms with Gasteiger partial charge in [0.15, 0.2) is 5.78 Å². The molecule has 1 saturated heterocycles. The minimum atomic E-state index is 0.204. The fraction of sp³-hybridized carbons (Fsp3) is 0.588. The summed E-state index contributed by atoms with van der Waals surface area (Å²) in [7, 11) is 0. The van der Waals surface area contributed by atoms with E-state index in [1.807, 2.05) is 12.1 Å². The summed E-state index contributed by atoms with van der Waals surface area (Å²) in [6, 6.07) is 7.22. The monoisotopic (exact) mass is 293 g/mol. The van der Waals surface area contributed by atoms with Crippen LogP contribution in [-0.2, 0) is 0 Å². The van der Waals surface area contributed by atoms with E-state index in [0.717, 1.165) is 24.6 Å². The summed E-state index contributed by atoms with van der Waals surface area (Å²) < 4.78 is 0. The second-order valence-electron chi connectivity index (χ2n) is 5.79. The molecule has 1 unspecified atom stereocenters. The van der Waals surface area contributed by atoms with Crippen LogP contribution in [0.3, 0.4) is 0 Å². The number of ketones is 1. The van der Waals surface area contributed by atoms with Crippen LogP contribution in [0, 0.1) is 5.92 Å². The van der Waals surface area contributed by atoms with Gasteiger partial charge in [0.2, 0.25) is 0 Å². The number of carbonyl (C=O) groups excluding carboxylic acids is 1. The Balaban J connectivity index is 1.86. The summed E-state index contributed by atoms with van der Waals surface area (Å²) in [5, 5.41) is 0.679. The molecule has 1 atom stereocenters. The summed E-state index contributed by atoms with van der Waals surface area (Å²) in [5.74, 6) is 1.06. The highest BCUT2D eigenvalue weighted by Gasteiger charge is 2.18. The Labute approximate surface area is 127 Å². The third-order valence-electron chi connectivity index (χ3n) is 4.17. The molecule has 0 radical (unpaired) electrons. The Bertz CT molecular complexity index is 429. The Morgan fingerprint density at radius 3 is 2.70 bits per heavy atom. The van der Waals surface area contributed by atoms with Gasteiger partial charge in [0, 0.05) is 10.6 Å². The van der Waals surface area contributed by atoms with Crippen molar-refractivity contribution in [1.29, 1.82) is 0 Å².